The molecule has 4 rings (SSSR count). The Morgan fingerprint density at radius 3 is 2.59 bits per heavy atom. The molecule has 1 aromatic heterocycles. The maximum Gasteiger partial charge on any atom is 0.274 e. The number of hydrogen-bond donors (Lipinski definition) is 1. The molecule has 2 N–H and O–H groups in total. The van der Waals surface area contributed by atoms with Gasteiger partial charge in [-0.1, -0.05) is 54.1 Å². The molecule has 1 heterocycles. The van der Waals surface area contributed by atoms with Crippen LogP contribution in [0.1, 0.15) is 48.2 Å². The molecular formula is C26H31ClN4O. The van der Waals surface area contributed by atoms with E-state index in [-0.39, 0.29) is 17.4 Å². The molecule has 1 fully saturated rings. The molecule has 1 saturated carbocycles. The van der Waals surface area contributed by atoms with Crippen LogP contribution in [0.3, 0.4) is 0 Å². The van der Waals surface area contributed by atoms with Gasteiger partial charge in [0, 0.05) is 23.8 Å². The minimum atomic E-state index is -0.0391. The van der Waals surface area contributed by atoms with Gasteiger partial charge in [-0.15, -0.1) is 5.10 Å². The number of carbonyl (C=O) groups is 1. The van der Waals surface area contributed by atoms with Crippen molar-refractivity contribution in [1.29, 1.82) is 0 Å². The molecule has 2 aliphatic rings. The lowest BCUT2D eigenvalue weighted by molar-refractivity contribution is 0.0451. The van der Waals surface area contributed by atoms with E-state index in [0.29, 0.717) is 24.7 Å². The molecule has 32 heavy (non-hydrogen) atoms. The van der Waals surface area contributed by atoms with Crippen LogP contribution in [-0.2, 0) is 6.42 Å². The third kappa shape index (κ3) is 5.11. The summed E-state index contributed by atoms with van der Waals surface area (Å²) in [5.41, 5.74) is 8.00. The molecule has 0 spiro atoms. The van der Waals surface area contributed by atoms with E-state index in [1.807, 2.05) is 29.2 Å². The van der Waals surface area contributed by atoms with Crippen molar-refractivity contribution in [2.45, 2.75) is 44.6 Å². The van der Waals surface area contributed by atoms with Crippen molar-refractivity contribution in [1.82, 2.24) is 15.1 Å². The van der Waals surface area contributed by atoms with Gasteiger partial charge in [0.1, 0.15) is 0 Å². The number of rotatable bonds is 7. The maximum absolute atomic E-state index is 13.4. The highest BCUT2D eigenvalue weighted by Crippen LogP contribution is 2.47. The van der Waals surface area contributed by atoms with Gasteiger partial charge in [-0.3, -0.25) is 4.79 Å². The first-order valence-electron chi connectivity index (χ1n) is 11.5. The van der Waals surface area contributed by atoms with E-state index in [1.165, 1.54) is 5.56 Å². The van der Waals surface area contributed by atoms with E-state index < -0.39 is 0 Å². The molecular weight excluding hydrogens is 420 g/mol. The zero-order valence-corrected chi connectivity index (χ0v) is 19.1. The molecule has 0 aliphatic heterocycles. The van der Waals surface area contributed by atoms with Crippen LogP contribution in [0.5, 0.6) is 0 Å². The molecule has 1 unspecified atom stereocenters. The highest BCUT2D eigenvalue weighted by Gasteiger charge is 2.42. The molecule has 5 nitrogen and oxygen atoms in total. The third-order valence-electron chi connectivity index (χ3n) is 7.16. The predicted octanol–water partition coefficient (Wildman–Crippen LogP) is 4.75. The van der Waals surface area contributed by atoms with Gasteiger partial charge in [-0.05, 0) is 80.2 Å². The fourth-order valence-electron chi connectivity index (χ4n) is 5.18. The summed E-state index contributed by atoms with van der Waals surface area (Å²) in [6.07, 6.45) is 13.4. The zero-order chi connectivity index (χ0) is 22.4. The Hall–Kier alpha value is -2.50. The SMILES string of the molecule is NC[C@]1(C2C=CC=C(Cl)C2)CC[C@H](N(CCc2ccccc2)C(=O)c2cccnn2)CC1. The minimum Gasteiger partial charge on any atom is -0.334 e. The van der Waals surface area contributed by atoms with Crippen LogP contribution in [-0.4, -0.2) is 40.1 Å². The molecule has 1 atom stereocenters. The van der Waals surface area contributed by atoms with Crippen LogP contribution in [0.15, 0.2) is 71.9 Å². The number of aromatic nitrogens is 2. The number of amides is 1. The van der Waals surface area contributed by atoms with Crippen molar-refractivity contribution >= 4 is 17.5 Å². The summed E-state index contributed by atoms with van der Waals surface area (Å²) < 4.78 is 0. The van der Waals surface area contributed by atoms with Crippen LogP contribution in [0.25, 0.3) is 0 Å². The highest BCUT2D eigenvalue weighted by molar-refractivity contribution is 6.29. The summed E-state index contributed by atoms with van der Waals surface area (Å²) in [4.78, 5) is 15.4. The van der Waals surface area contributed by atoms with Crippen molar-refractivity contribution in [2.75, 3.05) is 13.1 Å². The maximum atomic E-state index is 13.4. The van der Waals surface area contributed by atoms with Gasteiger partial charge in [0.2, 0.25) is 0 Å². The van der Waals surface area contributed by atoms with E-state index in [1.54, 1.807) is 18.3 Å². The topological polar surface area (TPSA) is 72.1 Å². The van der Waals surface area contributed by atoms with Gasteiger partial charge in [0.05, 0.1) is 0 Å². The zero-order valence-electron chi connectivity index (χ0n) is 18.4. The number of carbonyl (C=O) groups excluding carboxylic acids is 1. The second-order valence-electron chi connectivity index (χ2n) is 8.95. The van der Waals surface area contributed by atoms with Crippen LogP contribution < -0.4 is 5.73 Å². The van der Waals surface area contributed by atoms with Gasteiger partial charge >= 0.3 is 0 Å². The summed E-state index contributed by atoms with van der Waals surface area (Å²) in [7, 11) is 0. The average molecular weight is 451 g/mol. The van der Waals surface area contributed by atoms with Gasteiger partial charge < -0.3 is 10.6 Å². The second-order valence-corrected chi connectivity index (χ2v) is 9.44. The molecule has 1 aromatic carbocycles. The van der Waals surface area contributed by atoms with Gasteiger partial charge in [-0.25, -0.2) is 0 Å². The fraction of sp³-hybridized carbons (Fsp3) is 0.423. The molecule has 168 valence electrons. The molecule has 1 amide bonds. The van der Waals surface area contributed by atoms with E-state index in [4.69, 9.17) is 17.3 Å². The van der Waals surface area contributed by atoms with Crippen LogP contribution in [0.2, 0.25) is 0 Å². The van der Waals surface area contributed by atoms with E-state index in [2.05, 4.69) is 34.5 Å². The Labute approximate surface area is 195 Å². The number of allylic oxidation sites excluding steroid dienone is 4. The Kier molecular flexibility index (Phi) is 7.38. The summed E-state index contributed by atoms with van der Waals surface area (Å²) >= 11 is 6.34. The number of hydrogen-bond acceptors (Lipinski definition) is 4. The van der Waals surface area contributed by atoms with Gasteiger partial charge in [0.25, 0.3) is 5.91 Å². The summed E-state index contributed by atoms with van der Waals surface area (Å²) in [5.74, 6) is 0.322. The highest BCUT2D eigenvalue weighted by atomic mass is 35.5. The molecule has 2 aromatic rings. The molecule has 6 heteroatoms. The lowest BCUT2D eigenvalue weighted by atomic mass is 9.63. The smallest absolute Gasteiger partial charge is 0.274 e. The van der Waals surface area contributed by atoms with Crippen LogP contribution in [0.4, 0.5) is 0 Å². The van der Waals surface area contributed by atoms with Crippen molar-refractivity contribution in [3.05, 3.63) is 83.2 Å². The van der Waals surface area contributed by atoms with Crippen LogP contribution in [0, 0.1) is 11.3 Å². The van der Waals surface area contributed by atoms with E-state index in [0.717, 1.165) is 43.6 Å². The first-order valence-corrected chi connectivity index (χ1v) is 11.8. The largest absolute Gasteiger partial charge is 0.334 e. The lowest BCUT2D eigenvalue weighted by Gasteiger charge is -2.47. The number of nitrogens with zero attached hydrogens (tertiary/aromatic N) is 3. The normalized spacial score (nSPS) is 25.2. The number of benzene rings is 1. The van der Waals surface area contributed by atoms with Crippen molar-refractivity contribution in [2.24, 2.45) is 17.1 Å². The minimum absolute atomic E-state index is 0.0391. The quantitative estimate of drug-likeness (QED) is 0.660. The van der Waals surface area contributed by atoms with Crippen LogP contribution >= 0.6 is 11.6 Å². The summed E-state index contributed by atoms with van der Waals surface area (Å²) in [5, 5.41) is 8.90. The molecule has 0 saturated heterocycles. The van der Waals surface area contributed by atoms with Crippen molar-refractivity contribution < 1.29 is 4.79 Å². The first-order chi connectivity index (χ1) is 15.6. The predicted molar refractivity (Wildman–Crippen MR) is 128 cm³/mol. The summed E-state index contributed by atoms with van der Waals surface area (Å²) in [6, 6.07) is 14.0. The van der Waals surface area contributed by atoms with Crippen molar-refractivity contribution in [3.63, 3.8) is 0 Å². The van der Waals surface area contributed by atoms with Gasteiger partial charge in [-0.2, -0.15) is 5.10 Å². The standard InChI is InChI=1S/C26H31ClN4O/c27-22-9-4-8-21(18-22)26(19-28)14-11-23(12-15-26)31(17-13-20-6-2-1-3-7-20)25(32)24-10-5-16-29-30-24/h1-10,16,21,23H,11-15,17-19,28H2/t21?,23-,26-. The molecule has 0 bridgehead atoms. The number of halogens is 1. The molecule has 2 aliphatic carbocycles. The lowest BCUT2D eigenvalue weighted by Crippen LogP contribution is -2.49. The van der Waals surface area contributed by atoms with Crippen molar-refractivity contribution in [3.8, 4) is 0 Å². The Morgan fingerprint density at radius 2 is 1.94 bits per heavy atom. The summed E-state index contributed by atoms with van der Waals surface area (Å²) in [6.45, 7) is 1.30. The monoisotopic (exact) mass is 450 g/mol. The van der Waals surface area contributed by atoms with Gasteiger partial charge in [0.15, 0.2) is 5.69 Å². The van der Waals surface area contributed by atoms with E-state index in [9.17, 15) is 4.79 Å². The first kappa shape index (κ1) is 22.7. The molecule has 0 radical (unpaired) electrons. The Bertz CT molecular complexity index is 952. The fourth-order valence-corrected chi connectivity index (χ4v) is 5.42. The average Bonchev–Trinajstić information content (AvgIpc) is 2.85. The Balaban J connectivity index is 1.49. The second kappa shape index (κ2) is 10.4. The number of nitrogens with two attached hydrogens (primary N) is 1. The Morgan fingerprint density at radius 1 is 1.16 bits per heavy atom. The third-order valence-corrected chi connectivity index (χ3v) is 7.44. The van der Waals surface area contributed by atoms with E-state index >= 15 is 0 Å².